The fourth-order valence-corrected chi connectivity index (χ4v) is 3.31. The molecule has 114 valence electrons. The van der Waals surface area contributed by atoms with Crippen molar-refractivity contribution in [3.05, 3.63) is 23.8 Å². The Balaban J connectivity index is 1.80. The van der Waals surface area contributed by atoms with Crippen LogP contribution in [0.5, 0.6) is 0 Å². The summed E-state index contributed by atoms with van der Waals surface area (Å²) in [7, 11) is 1.88. The highest BCUT2D eigenvalue weighted by Gasteiger charge is 2.35. The van der Waals surface area contributed by atoms with Crippen molar-refractivity contribution in [1.29, 1.82) is 0 Å². The second-order valence-corrected chi connectivity index (χ2v) is 6.04. The largest absolute Gasteiger partial charge is 0.388 e. The Bertz CT molecular complexity index is 536. The molecule has 0 aliphatic carbocycles. The first kappa shape index (κ1) is 14.4. The molecule has 3 atom stereocenters. The van der Waals surface area contributed by atoms with E-state index in [1.807, 2.05) is 13.1 Å². The molecule has 0 spiro atoms. The van der Waals surface area contributed by atoms with Crippen molar-refractivity contribution in [3.63, 3.8) is 0 Å². The van der Waals surface area contributed by atoms with Gasteiger partial charge in [0, 0.05) is 31.5 Å². The van der Waals surface area contributed by atoms with Crippen molar-refractivity contribution >= 4 is 17.3 Å². The monoisotopic (exact) mass is 289 g/mol. The lowest BCUT2D eigenvalue weighted by atomic mass is 9.96. The van der Waals surface area contributed by atoms with E-state index in [1.165, 1.54) is 5.56 Å². The molecule has 1 aromatic carbocycles. The normalized spacial score (nSPS) is 29.7. The average molecular weight is 289 g/mol. The first-order valence-corrected chi connectivity index (χ1v) is 7.58. The maximum Gasteiger partial charge on any atom is 0.242 e. The number of rotatable bonds is 2. The minimum Gasteiger partial charge on any atom is -0.388 e. The molecule has 5 heteroatoms. The van der Waals surface area contributed by atoms with Crippen LogP contribution in [0.1, 0.15) is 19.4 Å². The van der Waals surface area contributed by atoms with Gasteiger partial charge < -0.3 is 15.4 Å². The number of fused-ring (bicyclic) bond motifs is 1. The van der Waals surface area contributed by atoms with E-state index in [-0.39, 0.29) is 24.2 Å². The van der Waals surface area contributed by atoms with E-state index in [2.05, 4.69) is 41.5 Å². The molecule has 0 radical (unpaired) electrons. The predicted octanol–water partition coefficient (Wildman–Crippen LogP) is 1.70. The van der Waals surface area contributed by atoms with Gasteiger partial charge in [-0.25, -0.2) is 0 Å². The van der Waals surface area contributed by atoms with Gasteiger partial charge in [-0.2, -0.15) is 0 Å². The number of amides is 1. The summed E-state index contributed by atoms with van der Waals surface area (Å²) in [5, 5.41) is 6.15. The van der Waals surface area contributed by atoms with Crippen LogP contribution in [0.3, 0.4) is 0 Å². The van der Waals surface area contributed by atoms with Crippen molar-refractivity contribution in [2.75, 3.05) is 30.8 Å². The summed E-state index contributed by atoms with van der Waals surface area (Å²) in [6.07, 6.45) is 1.12. The quantitative estimate of drug-likeness (QED) is 0.870. The minimum absolute atomic E-state index is 0.0910. The molecule has 1 amide bonds. The zero-order valence-corrected chi connectivity index (χ0v) is 12.8. The van der Waals surface area contributed by atoms with Gasteiger partial charge in [0.2, 0.25) is 5.91 Å². The van der Waals surface area contributed by atoms with Crippen molar-refractivity contribution in [2.45, 2.75) is 38.5 Å². The molecular weight excluding hydrogens is 266 g/mol. The fourth-order valence-electron chi connectivity index (χ4n) is 3.31. The van der Waals surface area contributed by atoms with Crippen LogP contribution in [0.25, 0.3) is 0 Å². The third-order valence-electron chi connectivity index (χ3n) is 4.26. The van der Waals surface area contributed by atoms with E-state index >= 15 is 0 Å². The summed E-state index contributed by atoms with van der Waals surface area (Å²) in [6, 6.07) is 6.05. The molecule has 2 N–H and O–H groups in total. The smallest absolute Gasteiger partial charge is 0.242 e. The Morgan fingerprint density at radius 3 is 2.67 bits per heavy atom. The van der Waals surface area contributed by atoms with E-state index in [0.717, 1.165) is 30.9 Å². The van der Waals surface area contributed by atoms with E-state index in [1.54, 1.807) is 0 Å². The second kappa shape index (κ2) is 5.66. The number of nitrogens with one attached hydrogen (secondary N) is 2. The summed E-state index contributed by atoms with van der Waals surface area (Å²) in [4.78, 5) is 14.7. The number of hydrogen-bond donors (Lipinski definition) is 2. The molecule has 2 aliphatic heterocycles. The highest BCUT2D eigenvalue weighted by molar-refractivity contribution is 5.98. The Labute approximate surface area is 125 Å². The van der Waals surface area contributed by atoms with Crippen LogP contribution in [0.2, 0.25) is 0 Å². The maximum absolute atomic E-state index is 12.5. The highest BCUT2D eigenvalue weighted by atomic mass is 16.5. The van der Waals surface area contributed by atoms with Gasteiger partial charge in [0.25, 0.3) is 0 Å². The highest BCUT2D eigenvalue weighted by Crippen LogP contribution is 2.28. The molecule has 1 aromatic rings. The van der Waals surface area contributed by atoms with E-state index in [0.29, 0.717) is 0 Å². The van der Waals surface area contributed by atoms with E-state index in [4.69, 9.17) is 4.74 Å². The Kier molecular flexibility index (Phi) is 3.87. The molecule has 2 heterocycles. The van der Waals surface area contributed by atoms with Crippen molar-refractivity contribution in [1.82, 2.24) is 4.90 Å². The van der Waals surface area contributed by atoms with Gasteiger partial charge in [0.1, 0.15) is 0 Å². The molecule has 1 unspecified atom stereocenters. The summed E-state index contributed by atoms with van der Waals surface area (Å²) < 4.78 is 5.76. The number of carbonyl (C=O) groups excluding carboxylic acids is 1. The number of carbonyl (C=O) groups is 1. The van der Waals surface area contributed by atoms with Crippen LogP contribution >= 0.6 is 0 Å². The van der Waals surface area contributed by atoms with Gasteiger partial charge in [-0.05, 0) is 38.0 Å². The third-order valence-corrected chi connectivity index (χ3v) is 4.26. The zero-order valence-electron chi connectivity index (χ0n) is 12.8. The van der Waals surface area contributed by atoms with Crippen LogP contribution in [0.4, 0.5) is 11.4 Å². The van der Waals surface area contributed by atoms with Crippen LogP contribution in [-0.2, 0) is 16.0 Å². The van der Waals surface area contributed by atoms with Crippen molar-refractivity contribution in [3.8, 4) is 0 Å². The van der Waals surface area contributed by atoms with E-state index < -0.39 is 0 Å². The van der Waals surface area contributed by atoms with Crippen LogP contribution in [0, 0.1) is 0 Å². The van der Waals surface area contributed by atoms with Gasteiger partial charge in [0.15, 0.2) is 0 Å². The standard InChI is InChI=1S/C16H23N3O2/c1-10-8-19(9-11(2)21-10)15-6-12-4-5-13(17-3)7-14(12)18-16(15)20/h4-5,7,10-11,15,17H,6,8-9H2,1-3H3,(H,18,20)/t10-,11+,15?. The maximum atomic E-state index is 12.5. The molecule has 0 aromatic heterocycles. The van der Waals surface area contributed by atoms with Crippen molar-refractivity contribution in [2.24, 2.45) is 0 Å². The summed E-state index contributed by atoms with van der Waals surface area (Å²) in [5.74, 6) is 0.0945. The molecule has 1 saturated heterocycles. The Morgan fingerprint density at radius 2 is 2.00 bits per heavy atom. The SMILES string of the molecule is CNc1ccc2c(c1)NC(=O)C(N1C[C@@H](C)O[C@@H](C)C1)C2. The second-order valence-electron chi connectivity index (χ2n) is 6.04. The van der Waals surface area contributed by atoms with Crippen LogP contribution in [-0.4, -0.2) is 49.2 Å². The average Bonchev–Trinajstić information content (AvgIpc) is 2.44. The van der Waals surface area contributed by atoms with Crippen LogP contribution < -0.4 is 10.6 Å². The number of benzene rings is 1. The number of morpholine rings is 1. The summed E-state index contributed by atoms with van der Waals surface area (Å²) >= 11 is 0. The minimum atomic E-state index is -0.0910. The van der Waals surface area contributed by atoms with E-state index in [9.17, 15) is 4.79 Å². The van der Waals surface area contributed by atoms with Gasteiger partial charge in [-0.3, -0.25) is 9.69 Å². The number of nitrogens with zero attached hydrogens (tertiary/aromatic N) is 1. The lowest BCUT2D eigenvalue weighted by molar-refractivity contribution is -0.128. The zero-order chi connectivity index (χ0) is 15.0. The topological polar surface area (TPSA) is 53.6 Å². The first-order chi connectivity index (χ1) is 10.1. The van der Waals surface area contributed by atoms with Gasteiger partial charge >= 0.3 is 0 Å². The molecule has 1 fully saturated rings. The third kappa shape index (κ3) is 2.89. The molecule has 2 aliphatic rings. The molecule has 0 bridgehead atoms. The van der Waals surface area contributed by atoms with Crippen molar-refractivity contribution < 1.29 is 9.53 Å². The first-order valence-electron chi connectivity index (χ1n) is 7.58. The van der Waals surface area contributed by atoms with Gasteiger partial charge in [-0.15, -0.1) is 0 Å². The molecule has 5 nitrogen and oxygen atoms in total. The number of hydrogen-bond acceptors (Lipinski definition) is 4. The fraction of sp³-hybridized carbons (Fsp3) is 0.562. The molecule has 3 rings (SSSR count). The lowest BCUT2D eigenvalue weighted by Crippen LogP contribution is -2.55. The molecular formula is C16H23N3O2. The number of anilines is 2. The Hall–Kier alpha value is -1.59. The summed E-state index contributed by atoms with van der Waals surface area (Å²) in [6.45, 7) is 5.76. The van der Waals surface area contributed by atoms with Crippen LogP contribution in [0.15, 0.2) is 18.2 Å². The lowest BCUT2D eigenvalue weighted by Gasteiger charge is -2.41. The van der Waals surface area contributed by atoms with Gasteiger partial charge in [-0.1, -0.05) is 6.07 Å². The number of ether oxygens (including phenoxy) is 1. The molecule has 21 heavy (non-hydrogen) atoms. The Morgan fingerprint density at radius 1 is 1.29 bits per heavy atom. The predicted molar refractivity (Wildman–Crippen MR) is 83.7 cm³/mol. The summed E-state index contributed by atoms with van der Waals surface area (Å²) in [5.41, 5.74) is 3.14. The van der Waals surface area contributed by atoms with Gasteiger partial charge in [0.05, 0.1) is 18.2 Å². The molecule has 0 saturated carbocycles.